The third-order valence-electron chi connectivity index (χ3n) is 3.13. The minimum Gasteiger partial charge on any atom is -0.495 e. The number of benzene rings is 1. The van der Waals surface area contributed by atoms with Crippen molar-refractivity contribution in [3.8, 4) is 5.75 Å². The molecule has 0 saturated heterocycles. The van der Waals surface area contributed by atoms with Gasteiger partial charge in [-0.1, -0.05) is 26.7 Å². The summed E-state index contributed by atoms with van der Waals surface area (Å²) in [6.07, 6.45) is 3.83. The summed E-state index contributed by atoms with van der Waals surface area (Å²) in [6.45, 7) is 4.19. The molecule has 0 fully saturated rings. The molecule has 1 rings (SSSR count). The monoisotopic (exact) mass is 264 g/mol. The molecule has 0 aliphatic rings. The number of hydrogen-bond acceptors (Lipinski definition) is 3. The van der Waals surface area contributed by atoms with Crippen LogP contribution in [0.1, 0.15) is 39.5 Å². The van der Waals surface area contributed by atoms with E-state index in [0.29, 0.717) is 17.1 Å². The number of hydrogen-bond donors (Lipinski definition) is 2. The minimum atomic E-state index is 0.0487. The zero-order valence-corrected chi connectivity index (χ0v) is 12.0. The zero-order chi connectivity index (χ0) is 14.3. The highest BCUT2D eigenvalue weighted by atomic mass is 16.5. The van der Waals surface area contributed by atoms with Gasteiger partial charge >= 0.3 is 0 Å². The van der Waals surface area contributed by atoms with Crippen molar-refractivity contribution in [2.75, 3.05) is 18.2 Å². The van der Waals surface area contributed by atoms with Gasteiger partial charge in [0.2, 0.25) is 5.91 Å². The number of nitrogens with two attached hydrogens (primary N) is 1. The lowest BCUT2D eigenvalue weighted by Crippen LogP contribution is -2.23. The molecule has 0 aromatic heterocycles. The topological polar surface area (TPSA) is 64.4 Å². The van der Waals surface area contributed by atoms with E-state index >= 15 is 0 Å². The maximum Gasteiger partial charge on any atom is 0.227 e. The van der Waals surface area contributed by atoms with Gasteiger partial charge in [-0.2, -0.15) is 0 Å². The Morgan fingerprint density at radius 2 is 1.95 bits per heavy atom. The third kappa shape index (κ3) is 4.47. The molecule has 1 aromatic rings. The van der Waals surface area contributed by atoms with Gasteiger partial charge in [0.15, 0.2) is 0 Å². The molecule has 1 amide bonds. The van der Waals surface area contributed by atoms with Crippen molar-refractivity contribution in [1.82, 2.24) is 0 Å². The number of ether oxygens (including phenoxy) is 1. The lowest BCUT2D eigenvalue weighted by molar-refractivity contribution is -0.120. The molecular weight excluding hydrogens is 240 g/mol. The molecule has 4 heteroatoms. The molecule has 0 saturated carbocycles. The molecule has 0 heterocycles. The van der Waals surface area contributed by atoms with Crippen LogP contribution in [0.3, 0.4) is 0 Å². The highest BCUT2D eigenvalue weighted by Crippen LogP contribution is 2.27. The van der Waals surface area contributed by atoms with E-state index in [2.05, 4.69) is 19.2 Å². The summed E-state index contributed by atoms with van der Waals surface area (Å²) in [5, 5.41) is 2.93. The standard InChI is InChI=1S/C15H24N2O2/c1-4-6-11(7-5-2)15(18)17-13-10-12(16)8-9-14(13)19-3/h8-11H,4-7,16H2,1-3H3,(H,17,18). The molecule has 19 heavy (non-hydrogen) atoms. The van der Waals surface area contributed by atoms with Crippen LogP contribution in [0.15, 0.2) is 18.2 Å². The second-order valence-corrected chi connectivity index (χ2v) is 4.72. The predicted octanol–water partition coefficient (Wildman–Crippen LogP) is 3.43. The van der Waals surface area contributed by atoms with Gasteiger partial charge in [0.25, 0.3) is 0 Å². The Bertz CT molecular complexity index is 413. The van der Waals surface area contributed by atoms with Gasteiger partial charge in [0.05, 0.1) is 12.8 Å². The van der Waals surface area contributed by atoms with Gasteiger partial charge in [-0.05, 0) is 31.0 Å². The maximum absolute atomic E-state index is 12.3. The number of nitrogens with one attached hydrogen (secondary N) is 1. The second kappa shape index (κ2) is 7.67. The van der Waals surface area contributed by atoms with Crippen LogP contribution in [0.4, 0.5) is 11.4 Å². The van der Waals surface area contributed by atoms with Gasteiger partial charge in [-0.25, -0.2) is 0 Å². The Morgan fingerprint density at radius 3 is 2.47 bits per heavy atom. The first-order valence-corrected chi connectivity index (χ1v) is 6.86. The number of methoxy groups -OCH3 is 1. The number of amides is 1. The van der Waals surface area contributed by atoms with Crippen molar-refractivity contribution in [3.05, 3.63) is 18.2 Å². The van der Waals surface area contributed by atoms with Crippen molar-refractivity contribution in [2.24, 2.45) is 5.92 Å². The summed E-state index contributed by atoms with van der Waals surface area (Å²) < 4.78 is 5.23. The average molecular weight is 264 g/mol. The van der Waals surface area contributed by atoms with Crippen LogP contribution in [-0.4, -0.2) is 13.0 Å². The van der Waals surface area contributed by atoms with Crippen molar-refractivity contribution < 1.29 is 9.53 Å². The quantitative estimate of drug-likeness (QED) is 0.741. The van der Waals surface area contributed by atoms with Gasteiger partial charge < -0.3 is 15.8 Å². The van der Waals surface area contributed by atoms with Crippen molar-refractivity contribution >= 4 is 17.3 Å². The van der Waals surface area contributed by atoms with Gasteiger partial charge in [0.1, 0.15) is 5.75 Å². The molecule has 0 bridgehead atoms. The Balaban J connectivity index is 2.82. The third-order valence-corrected chi connectivity index (χ3v) is 3.13. The summed E-state index contributed by atoms with van der Waals surface area (Å²) in [4.78, 5) is 12.3. The molecule has 0 aliphatic carbocycles. The van der Waals surface area contributed by atoms with E-state index in [0.717, 1.165) is 25.7 Å². The Hall–Kier alpha value is -1.71. The maximum atomic E-state index is 12.3. The molecule has 4 nitrogen and oxygen atoms in total. The molecule has 0 aliphatic heterocycles. The number of rotatable bonds is 7. The Labute approximate surface area is 115 Å². The molecule has 3 N–H and O–H groups in total. The van der Waals surface area contributed by atoms with Crippen molar-refractivity contribution in [1.29, 1.82) is 0 Å². The van der Waals surface area contributed by atoms with E-state index in [-0.39, 0.29) is 11.8 Å². The highest BCUT2D eigenvalue weighted by Gasteiger charge is 2.18. The van der Waals surface area contributed by atoms with Gasteiger partial charge in [-0.15, -0.1) is 0 Å². The smallest absolute Gasteiger partial charge is 0.227 e. The van der Waals surface area contributed by atoms with Crippen LogP contribution in [-0.2, 0) is 4.79 Å². The fourth-order valence-electron chi connectivity index (χ4n) is 2.16. The highest BCUT2D eigenvalue weighted by molar-refractivity contribution is 5.94. The van der Waals surface area contributed by atoms with E-state index in [9.17, 15) is 4.79 Å². The summed E-state index contributed by atoms with van der Waals surface area (Å²) in [5.74, 6) is 0.739. The van der Waals surface area contributed by atoms with Crippen molar-refractivity contribution in [2.45, 2.75) is 39.5 Å². The molecule has 0 atom stereocenters. The van der Waals surface area contributed by atoms with Crippen LogP contribution in [0.5, 0.6) is 5.75 Å². The van der Waals surface area contributed by atoms with Crippen LogP contribution in [0, 0.1) is 5.92 Å². The van der Waals surface area contributed by atoms with E-state index in [4.69, 9.17) is 10.5 Å². The molecule has 0 radical (unpaired) electrons. The normalized spacial score (nSPS) is 10.5. The molecule has 0 spiro atoms. The number of carbonyl (C=O) groups is 1. The first-order valence-electron chi connectivity index (χ1n) is 6.86. The van der Waals surface area contributed by atoms with E-state index in [1.807, 2.05) is 0 Å². The SMILES string of the molecule is CCCC(CCC)C(=O)Nc1cc(N)ccc1OC. The van der Waals surface area contributed by atoms with Crippen LogP contribution in [0.25, 0.3) is 0 Å². The largest absolute Gasteiger partial charge is 0.495 e. The Kier molecular flexibility index (Phi) is 6.19. The minimum absolute atomic E-state index is 0.0487. The molecular formula is C15H24N2O2. The van der Waals surface area contributed by atoms with Crippen LogP contribution in [0.2, 0.25) is 0 Å². The zero-order valence-electron chi connectivity index (χ0n) is 12.0. The molecule has 0 unspecified atom stereocenters. The van der Waals surface area contributed by atoms with Crippen molar-refractivity contribution in [3.63, 3.8) is 0 Å². The first kappa shape index (κ1) is 15.3. The molecule has 1 aromatic carbocycles. The average Bonchev–Trinajstić information content (AvgIpc) is 2.38. The number of carbonyl (C=O) groups excluding carboxylic acids is 1. The fraction of sp³-hybridized carbons (Fsp3) is 0.533. The summed E-state index contributed by atoms with van der Waals surface area (Å²) in [6, 6.07) is 5.25. The first-order chi connectivity index (χ1) is 9.12. The summed E-state index contributed by atoms with van der Waals surface area (Å²) in [5.41, 5.74) is 7.00. The van der Waals surface area contributed by atoms with E-state index < -0.39 is 0 Å². The summed E-state index contributed by atoms with van der Waals surface area (Å²) >= 11 is 0. The second-order valence-electron chi connectivity index (χ2n) is 4.72. The van der Waals surface area contributed by atoms with E-state index in [1.54, 1.807) is 25.3 Å². The number of anilines is 2. The fourth-order valence-corrected chi connectivity index (χ4v) is 2.16. The predicted molar refractivity (Wildman–Crippen MR) is 79.3 cm³/mol. The van der Waals surface area contributed by atoms with Crippen LogP contribution >= 0.6 is 0 Å². The lowest BCUT2D eigenvalue weighted by atomic mass is 9.97. The van der Waals surface area contributed by atoms with Crippen LogP contribution < -0.4 is 15.8 Å². The van der Waals surface area contributed by atoms with E-state index in [1.165, 1.54) is 0 Å². The molecule has 106 valence electrons. The summed E-state index contributed by atoms with van der Waals surface area (Å²) in [7, 11) is 1.58. The number of nitrogen functional groups attached to an aromatic ring is 1. The lowest BCUT2D eigenvalue weighted by Gasteiger charge is -2.17. The van der Waals surface area contributed by atoms with Gasteiger partial charge in [-0.3, -0.25) is 4.79 Å². The van der Waals surface area contributed by atoms with Gasteiger partial charge in [0, 0.05) is 11.6 Å². The Morgan fingerprint density at radius 1 is 1.32 bits per heavy atom.